The molecular formula is C13H8ClF4NO2S. The number of halogens is 5. The highest BCUT2D eigenvalue weighted by molar-refractivity contribution is 7.92. The lowest BCUT2D eigenvalue weighted by molar-refractivity contribution is -0.139. The fourth-order valence-corrected chi connectivity index (χ4v) is 3.17. The molecule has 0 aromatic heterocycles. The fourth-order valence-electron chi connectivity index (χ4n) is 1.71. The lowest BCUT2D eigenvalue weighted by atomic mass is 10.2. The Labute approximate surface area is 128 Å². The Hall–Kier alpha value is -1.80. The van der Waals surface area contributed by atoms with Gasteiger partial charge in [0.05, 0.1) is 16.1 Å². The molecule has 0 unspecified atom stereocenters. The summed E-state index contributed by atoms with van der Waals surface area (Å²) < 4.78 is 78.2. The van der Waals surface area contributed by atoms with E-state index in [0.29, 0.717) is 6.07 Å². The van der Waals surface area contributed by atoms with Gasteiger partial charge >= 0.3 is 6.18 Å². The molecule has 0 spiro atoms. The molecule has 1 N–H and O–H groups in total. The molecule has 118 valence electrons. The van der Waals surface area contributed by atoms with Gasteiger partial charge in [0.25, 0.3) is 10.0 Å². The van der Waals surface area contributed by atoms with Crippen molar-refractivity contribution < 1.29 is 26.0 Å². The van der Waals surface area contributed by atoms with Crippen LogP contribution in [0.5, 0.6) is 0 Å². The van der Waals surface area contributed by atoms with Gasteiger partial charge in [-0.15, -0.1) is 0 Å². The number of rotatable bonds is 3. The van der Waals surface area contributed by atoms with Crippen molar-refractivity contribution in [3.63, 3.8) is 0 Å². The Kier molecular flexibility index (Phi) is 4.35. The van der Waals surface area contributed by atoms with Gasteiger partial charge in [-0.25, -0.2) is 12.8 Å². The minimum Gasteiger partial charge on any atom is -0.277 e. The first kappa shape index (κ1) is 16.6. The van der Waals surface area contributed by atoms with Crippen LogP contribution in [0.15, 0.2) is 47.4 Å². The molecule has 0 fully saturated rings. The summed E-state index contributed by atoms with van der Waals surface area (Å²) in [6, 6.07) is 6.65. The largest absolute Gasteiger partial charge is 0.417 e. The van der Waals surface area contributed by atoms with Crippen LogP contribution in [0.3, 0.4) is 0 Å². The van der Waals surface area contributed by atoms with E-state index in [0.717, 1.165) is 30.3 Å². The molecule has 0 saturated heterocycles. The Bertz CT molecular complexity index is 806. The van der Waals surface area contributed by atoms with Crippen LogP contribution in [0, 0.1) is 5.82 Å². The average Bonchev–Trinajstić information content (AvgIpc) is 2.42. The van der Waals surface area contributed by atoms with Crippen LogP contribution in [0.1, 0.15) is 5.56 Å². The van der Waals surface area contributed by atoms with Gasteiger partial charge in [0.2, 0.25) is 0 Å². The Morgan fingerprint density at radius 3 is 2.32 bits per heavy atom. The van der Waals surface area contributed by atoms with Crippen molar-refractivity contribution in [2.24, 2.45) is 0 Å². The summed E-state index contributed by atoms with van der Waals surface area (Å²) in [5.41, 5.74) is -1.88. The summed E-state index contributed by atoms with van der Waals surface area (Å²) in [6.07, 6.45) is -4.86. The number of sulfonamides is 1. The quantitative estimate of drug-likeness (QED) is 0.836. The van der Waals surface area contributed by atoms with E-state index in [2.05, 4.69) is 0 Å². The van der Waals surface area contributed by atoms with Gasteiger partial charge in [-0.05, 0) is 30.3 Å². The zero-order valence-electron chi connectivity index (χ0n) is 10.7. The van der Waals surface area contributed by atoms with E-state index in [1.54, 1.807) is 4.72 Å². The Balaban J connectivity index is 2.51. The van der Waals surface area contributed by atoms with Crippen molar-refractivity contribution in [2.45, 2.75) is 11.1 Å². The highest BCUT2D eigenvalue weighted by atomic mass is 35.5. The molecule has 0 bridgehead atoms. The molecule has 0 atom stereocenters. The lowest BCUT2D eigenvalue weighted by Gasteiger charge is -2.14. The Morgan fingerprint density at radius 1 is 1.05 bits per heavy atom. The second-order valence-electron chi connectivity index (χ2n) is 4.22. The third kappa shape index (κ3) is 3.50. The fraction of sp³-hybridized carbons (Fsp3) is 0.0769. The predicted octanol–water partition coefficient (Wildman–Crippen LogP) is 4.30. The molecule has 0 aliphatic carbocycles. The van der Waals surface area contributed by atoms with Crippen molar-refractivity contribution in [1.29, 1.82) is 0 Å². The highest BCUT2D eigenvalue weighted by Gasteiger charge is 2.37. The minimum atomic E-state index is -4.86. The van der Waals surface area contributed by atoms with E-state index < -0.39 is 38.2 Å². The molecule has 0 aliphatic heterocycles. The van der Waals surface area contributed by atoms with Crippen LogP contribution in [-0.4, -0.2) is 8.42 Å². The van der Waals surface area contributed by atoms with Crippen LogP contribution in [0.4, 0.5) is 23.2 Å². The molecule has 2 aromatic carbocycles. The normalized spacial score (nSPS) is 12.2. The monoisotopic (exact) mass is 353 g/mol. The second kappa shape index (κ2) is 5.77. The van der Waals surface area contributed by atoms with E-state index in [1.165, 1.54) is 6.07 Å². The molecule has 3 nitrogen and oxygen atoms in total. The highest BCUT2D eigenvalue weighted by Crippen LogP contribution is 2.35. The van der Waals surface area contributed by atoms with Crippen LogP contribution < -0.4 is 4.72 Å². The summed E-state index contributed by atoms with van der Waals surface area (Å²) in [6.45, 7) is 0. The molecule has 0 amide bonds. The smallest absolute Gasteiger partial charge is 0.277 e. The maximum Gasteiger partial charge on any atom is 0.417 e. The summed E-state index contributed by atoms with van der Waals surface area (Å²) >= 11 is 5.61. The maximum absolute atomic E-state index is 13.5. The van der Waals surface area contributed by atoms with Crippen LogP contribution in [0.25, 0.3) is 0 Å². The third-order valence-electron chi connectivity index (χ3n) is 2.65. The predicted molar refractivity (Wildman–Crippen MR) is 73.7 cm³/mol. The summed E-state index contributed by atoms with van der Waals surface area (Å²) in [7, 11) is -4.64. The van der Waals surface area contributed by atoms with Gasteiger partial charge in [-0.1, -0.05) is 23.7 Å². The van der Waals surface area contributed by atoms with Gasteiger partial charge < -0.3 is 0 Å². The Morgan fingerprint density at radius 2 is 1.68 bits per heavy atom. The summed E-state index contributed by atoms with van der Waals surface area (Å²) in [4.78, 5) is -0.998. The van der Waals surface area contributed by atoms with Gasteiger partial charge in [-0.3, -0.25) is 4.72 Å². The van der Waals surface area contributed by atoms with E-state index >= 15 is 0 Å². The zero-order valence-corrected chi connectivity index (χ0v) is 12.2. The number of hydrogen-bond donors (Lipinski definition) is 1. The first-order chi connectivity index (χ1) is 10.1. The molecule has 0 radical (unpaired) electrons. The van der Waals surface area contributed by atoms with Crippen LogP contribution in [0.2, 0.25) is 5.02 Å². The average molecular weight is 354 g/mol. The van der Waals surface area contributed by atoms with Gasteiger partial charge in [0, 0.05) is 5.02 Å². The molecule has 2 rings (SSSR count). The topological polar surface area (TPSA) is 46.2 Å². The van der Waals surface area contributed by atoms with Crippen LogP contribution in [-0.2, 0) is 16.2 Å². The molecule has 9 heteroatoms. The molecule has 0 heterocycles. The number of alkyl halides is 3. The third-order valence-corrected chi connectivity index (χ3v) is 4.31. The minimum absolute atomic E-state index is 0.0307. The zero-order chi connectivity index (χ0) is 16.5. The van der Waals surface area contributed by atoms with E-state index in [-0.39, 0.29) is 5.02 Å². The molecule has 0 aliphatic rings. The van der Waals surface area contributed by atoms with Crippen molar-refractivity contribution in [2.75, 3.05) is 4.72 Å². The molecule has 2 aromatic rings. The molecule has 22 heavy (non-hydrogen) atoms. The van der Waals surface area contributed by atoms with Crippen molar-refractivity contribution in [3.8, 4) is 0 Å². The molecule has 0 saturated carbocycles. The maximum atomic E-state index is 13.5. The second-order valence-corrected chi connectivity index (χ2v) is 6.31. The number of benzene rings is 2. The van der Waals surface area contributed by atoms with Gasteiger partial charge in [-0.2, -0.15) is 13.2 Å². The molecular weight excluding hydrogens is 346 g/mol. The van der Waals surface area contributed by atoms with Crippen molar-refractivity contribution >= 4 is 27.3 Å². The first-order valence-electron chi connectivity index (χ1n) is 5.75. The van der Waals surface area contributed by atoms with E-state index in [9.17, 15) is 26.0 Å². The standard InChI is InChI=1S/C13H8ClF4NO2S/c14-8-5-6-10(15)11(7-8)19-22(20,21)12-4-2-1-3-9(12)13(16,17)18/h1-7,19H. The summed E-state index contributed by atoms with van der Waals surface area (Å²) in [5, 5.41) is 0.0307. The van der Waals surface area contributed by atoms with Gasteiger partial charge in [0.1, 0.15) is 5.82 Å². The summed E-state index contributed by atoms with van der Waals surface area (Å²) in [5.74, 6) is -0.961. The number of anilines is 1. The number of nitrogens with one attached hydrogen (secondary N) is 1. The van der Waals surface area contributed by atoms with Crippen molar-refractivity contribution in [1.82, 2.24) is 0 Å². The van der Waals surface area contributed by atoms with E-state index in [1.807, 2.05) is 0 Å². The SMILES string of the molecule is O=S(=O)(Nc1cc(Cl)ccc1F)c1ccccc1C(F)(F)F. The lowest BCUT2D eigenvalue weighted by Crippen LogP contribution is -2.19. The van der Waals surface area contributed by atoms with Crippen molar-refractivity contribution in [3.05, 3.63) is 58.9 Å². The first-order valence-corrected chi connectivity index (χ1v) is 7.61. The number of hydrogen-bond acceptors (Lipinski definition) is 2. The van der Waals surface area contributed by atoms with E-state index in [4.69, 9.17) is 11.6 Å². The van der Waals surface area contributed by atoms with Gasteiger partial charge in [0.15, 0.2) is 0 Å². The van der Waals surface area contributed by atoms with Crippen LogP contribution >= 0.6 is 11.6 Å².